The molecule has 78 valence electrons. The summed E-state index contributed by atoms with van der Waals surface area (Å²) in [7, 11) is 0. The molecule has 1 aliphatic carbocycles. The first-order valence-corrected chi connectivity index (χ1v) is 5.58. The van der Waals surface area contributed by atoms with E-state index in [2.05, 4.69) is 29.2 Å². The minimum Gasteiger partial charge on any atom is -0.392 e. The number of hydrogen-bond donors (Lipinski definition) is 1. The number of rotatable bonds is 3. The molecule has 2 atom stereocenters. The second-order valence-corrected chi connectivity index (χ2v) is 4.34. The first kappa shape index (κ1) is 9.94. The molecule has 2 aliphatic rings. The van der Waals surface area contributed by atoms with Crippen molar-refractivity contribution in [1.29, 1.82) is 0 Å². The van der Waals surface area contributed by atoms with Gasteiger partial charge < -0.3 is 10.0 Å². The summed E-state index contributed by atoms with van der Waals surface area (Å²) in [6, 6.07) is 0. The van der Waals surface area contributed by atoms with Gasteiger partial charge in [0.2, 0.25) is 0 Å². The minimum absolute atomic E-state index is 0.0724. The Morgan fingerprint density at radius 1 is 1.36 bits per heavy atom. The van der Waals surface area contributed by atoms with E-state index >= 15 is 0 Å². The predicted octanol–water partition coefficient (Wildman–Crippen LogP) is 1.58. The summed E-state index contributed by atoms with van der Waals surface area (Å²) in [4.78, 5) is 2.37. The molecule has 1 heterocycles. The number of likely N-dealkylation sites (tertiary alicyclic amines) is 1. The highest BCUT2D eigenvalue weighted by atomic mass is 16.3. The molecular formula is C12H19NO. The molecule has 1 fully saturated rings. The molecule has 1 unspecified atom stereocenters. The molecule has 0 bridgehead atoms. The van der Waals surface area contributed by atoms with Crippen molar-refractivity contribution in [3.8, 4) is 0 Å². The fourth-order valence-electron chi connectivity index (χ4n) is 2.21. The number of β-amino-alcohol motifs (C(OH)–C–C–N with tert-alkyl or cyclic N) is 1. The van der Waals surface area contributed by atoms with Crippen LogP contribution < -0.4 is 0 Å². The van der Waals surface area contributed by atoms with E-state index in [-0.39, 0.29) is 6.10 Å². The molecule has 14 heavy (non-hydrogen) atoms. The maximum absolute atomic E-state index is 9.37. The van der Waals surface area contributed by atoms with E-state index in [1.54, 1.807) is 0 Å². The molecule has 0 aromatic carbocycles. The summed E-state index contributed by atoms with van der Waals surface area (Å²) in [6.45, 7) is 3.10. The molecule has 0 spiro atoms. The van der Waals surface area contributed by atoms with Crippen molar-refractivity contribution in [2.75, 3.05) is 19.6 Å². The molecule has 0 saturated carbocycles. The fraction of sp³-hybridized carbons (Fsp3) is 0.667. The van der Waals surface area contributed by atoms with E-state index in [4.69, 9.17) is 0 Å². The second kappa shape index (κ2) is 4.76. The zero-order valence-corrected chi connectivity index (χ0v) is 8.60. The molecule has 2 heteroatoms. The quantitative estimate of drug-likeness (QED) is 0.735. The highest BCUT2D eigenvalue weighted by molar-refractivity contribution is 5.10. The Labute approximate surface area is 85.9 Å². The molecule has 0 amide bonds. The normalized spacial score (nSPS) is 32.6. The monoisotopic (exact) mass is 193 g/mol. The van der Waals surface area contributed by atoms with Crippen LogP contribution in [0, 0.1) is 5.92 Å². The molecule has 1 saturated heterocycles. The van der Waals surface area contributed by atoms with Gasteiger partial charge in [0.1, 0.15) is 0 Å². The van der Waals surface area contributed by atoms with Crippen LogP contribution in [0.5, 0.6) is 0 Å². The fourth-order valence-corrected chi connectivity index (χ4v) is 2.21. The van der Waals surface area contributed by atoms with Gasteiger partial charge in [0, 0.05) is 13.1 Å². The Morgan fingerprint density at radius 2 is 2.29 bits per heavy atom. The van der Waals surface area contributed by atoms with Crippen LogP contribution in [0.3, 0.4) is 0 Å². The topological polar surface area (TPSA) is 23.5 Å². The maximum atomic E-state index is 9.37. The lowest BCUT2D eigenvalue weighted by atomic mass is 9.97. The third-order valence-corrected chi connectivity index (χ3v) is 3.13. The van der Waals surface area contributed by atoms with Gasteiger partial charge in [0.15, 0.2) is 0 Å². The summed E-state index contributed by atoms with van der Waals surface area (Å²) >= 11 is 0. The highest BCUT2D eigenvalue weighted by Crippen LogP contribution is 2.17. The van der Waals surface area contributed by atoms with Crippen molar-refractivity contribution >= 4 is 0 Å². The van der Waals surface area contributed by atoms with Crippen LogP contribution in [-0.4, -0.2) is 35.7 Å². The standard InChI is InChI=1S/C12H19NO/c14-12-7-9-13(10-12)8-6-11-4-2-1-3-5-11/h1-4,11-12,14H,5-10H2/t11?,12-/m1/s1. The number of nitrogens with zero attached hydrogens (tertiary/aromatic N) is 1. The number of allylic oxidation sites excluding steroid dienone is 4. The third kappa shape index (κ3) is 2.69. The highest BCUT2D eigenvalue weighted by Gasteiger charge is 2.20. The van der Waals surface area contributed by atoms with Gasteiger partial charge in [-0.3, -0.25) is 0 Å². The zero-order chi connectivity index (χ0) is 9.80. The Morgan fingerprint density at radius 3 is 2.93 bits per heavy atom. The van der Waals surface area contributed by atoms with E-state index < -0.39 is 0 Å². The van der Waals surface area contributed by atoms with Crippen molar-refractivity contribution in [1.82, 2.24) is 4.90 Å². The van der Waals surface area contributed by atoms with Crippen LogP contribution in [0.4, 0.5) is 0 Å². The van der Waals surface area contributed by atoms with E-state index in [1.165, 1.54) is 12.8 Å². The van der Waals surface area contributed by atoms with Gasteiger partial charge in [-0.05, 0) is 31.7 Å². The lowest BCUT2D eigenvalue weighted by Gasteiger charge is -2.18. The van der Waals surface area contributed by atoms with Gasteiger partial charge in [-0.25, -0.2) is 0 Å². The van der Waals surface area contributed by atoms with Crippen LogP contribution in [0.25, 0.3) is 0 Å². The van der Waals surface area contributed by atoms with Crippen LogP contribution >= 0.6 is 0 Å². The third-order valence-electron chi connectivity index (χ3n) is 3.13. The first-order valence-electron chi connectivity index (χ1n) is 5.58. The molecule has 1 N–H and O–H groups in total. The van der Waals surface area contributed by atoms with Crippen LogP contribution in [-0.2, 0) is 0 Å². The molecule has 2 nitrogen and oxygen atoms in total. The summed E-state index contributed by atoms with van der Waals surface area (Å²) in [5.74, 6) is 0.720. The Hall–Kier alpha value is -0.600. The Kier molecular flexibility index (Phi) is 3.38. The van der Waals surface area contributed by atoms with Gasteiger partial charge in [0.05, 0.1) is 6.10 Å². The SMILES string of the molecule is O[C@@H]1CCN(CCC2C=CC=CC2)C1. The van der Waals surface area contributed by atoms with Crippen molar-refractivity contribution in [2.45, 2.75) is 25.4 Å². The van der Waals surface area contributed by atoms with Gasteiger partial charge in [-0.15, -0.1) is 0 Å². The second-order valence-electron chi connectivity index (χ2n) is 4.34. The molecule has 2 rings (SSSR count). The summed E-state index contributed by atoms with van der Waals surface area (Å²) in [5.41, 5.74) is 0. The van der Waals surface area contributed by atoms with Gasteiger partial charge in [-0.2, -0.15) is 0 Å². The van der Waals surface area contributed by atoms with Crippen LogP contribution in [0.1, 0.15) is 19.3 Å². The average Bonchev–Trinajstić information content (AvgIpc) is 2.63. The smallest absolute Gasteiger partial charge is 0.0679 e. The van der Waals surface area contributed by atoms with Crippen molar-refractivity contribution in [2.24, 2.45) is 5.92 Å². The van der Waals surface area contributed by atoms with Crippen molar-refractivity contribution < 1.29 is 5.11 Å². The summed E-state index contributed by atoms with van der Waals surface area (Å²) in [5, 5.41) is 9.37. The number of hydrogen-bond acceptors (Lipinski definition) is 2. The predicted molar refractivity (Wildman–Crippen MR) is 58.1 cm³/mol. The Bertz CT molecular complexity index is 234. The first-order chi connectivity index (χ1) is 6.84. The van der Waals surface area contributed by atoms with Gasteiger partial charge in [-0.1, -0.05) is 24.3 Å². The molecule has 0 radical (unpaired) electrons. The number of aliphatic hydroxyl groups excluding tert-OH is 1. The van der Waals surface area contributed by atoms with Crippen LogP contribution in [0.15, 0.2) is 24.3 Å². The van der Waals surface area contributed by atoms with E-state index in [0.717, 1.165) is 32.0 Å². The molecule has 0 aromatic rings. The molecule has 1 aliphatic heterocycles. The summed E-state index contributed by atoms with van der Waals surface area (Å²) < 4.78 is 0. The molecular weight excluding hydrogens is 174 g/mol. The van der Waals surface area contributed by atoms with E-state index in [0.29, 0.717) is 0 Å². The van der Waals surface area contributed by atoms with Crippen molar-refractivity contribution in [3.63, 3.8) is 0 Å². The van der Waals surface area contributed by atoms with E-state index in [1.807, 2.05) is 0 Å². The minimum atomic E-state index is -0.0724. The summed E-state index contributed by atoms with van der Waals surface area (Å²) in [6.07, 6.45) is 12.1. The lowest BCUT2D eigenvalue weighted by Crippen LogP contribution is -2.24. The van der Waals surface area contributed by atoms with E-state index in [9.17, 15) is 5.11 Å². The Balaban J connectivity index is 1.67. The molecule has 0 aromatic heterocycles. The largest absolute Gasteiger partial charge is 0.392 e. The van der Waals surface area contributed by atoms with Crippen LogP contribution in [0.2, 0.25) is 0 Å². The lowest BCUT2D eigenvalue weighted by molar-refractivity contribution is 0.175. The zero-order valence-electron chi connectivity index (χ0n) is 8.60. The number of aliphatic hydroxyl groups is 1. The van der Waals surface area contributed by atoms with Crippen molar-refractivity contribution in [3.05, 3.63) is 24.3 Å². The van der Waals surface area contributed by atoms with Gasteiger partial charge in [0.25, 0.3) is 0 Å². The van der Waals surface area contributed by atoms with Gasteiger partial charge >= 0.3 is 0 Å². The maximum Gasteiger partial charge on any atom is 0.0679 e. The average molecular weight is 193 g/mol.